The molecule has 1 saturated carbocycles. The molecule has 4 atom stereocenters. The average Bonchev–Trinajstić information content (AvgIpc) is 2.27. The van der Waals surface area contributed by atoms with Crippen LogP contribution in [-0.4, -0.2) is 21.8 Å². The summed E-state index contributed by atoms with van der Waals surface area (Å²) in [4.78, 5) is 11.0. The van der Waals surface area contributed by atoms with E-state index < -0.39 is 11.6 Å². The topological polar surface area (TPSA) is 57.5 Å². The Bertz CT molecular complexity index is 408. The molecule has 0 radical (unpaired) electrons. The van der Waals surface area contributed by atoms with Crippen LogP contribution >= 0.6 is 0 Å². The Hall–Kier alpha value is -1.09. The molecule has 0 saturated heterocycles. The molecule has 0 unspecified atom stereocenters. The van der Waals surface area contributed by atoms with Gasteiger partial charge in [0.15, 0.2) is 0 Å². The molecule has 0 spiro atoms. The maximum absolute atomic E-state index is 11.0. The van der Waals surface area contributed by atoms with E-state index in [4.69, 9.17) is 5.11 Å². The number of allylic oxidation sites excluding steroid dienone is 1. The zero-order valence-electron chi connectivity index (χ0n) is 11.1. The van der Waals surface area contributed by atoms with E-state index in [1.54, 1.807) is 0 Å². The van der Waals surface area contributed by atoms with Crippen LogP contribution in [0.1, 0.15) is 39.5 Å². The number of hydrogen-bond donors (Lipinski definition) is 2. The third-order valence-electron chi connectivity index (χ3n) is 4.94. The van der Waals surface area contributed by atoms with Gasteiger partial charge in [-0.25, -0.2) is 4.79 Å². The second-order valence-corrected chi connectivity index (χ2v) is 6.34. The van der Waals surface area contributed by atoms with Gasteiger partial charge in [-0.05, 0) is 49.9 Å². The van der Waals surface area contributed by atoms with E-state index in [1.165, 1.54) is 0 Å². The second kappa shape index (κ2) is 4.23. The molecule has 0 aromatic rings. The first-order chi connectivity index (χ1) is 8.26. The number of rotatable bonds is 2. The zero-order chi connectivity index (χ0) is 13.6. The predicted molar refractivity (Wildman–Crippen MR) is 70.1 cm³/mol. The van der Waals surface area contributed by atoms with Gasteiger partial charge in [-0.1, -0.05) is 25.7 Å². The van der Waals surface area contributed by atoms with E-state index in [0.29, 0.717) is 5.57 Å². The van der Waals surface area contributed by atoms with Crippen molar-refractivity contribution in [3.8, 4) is 0 Å². The molecule has 2 aliphatic rings. The minimum atomic E-state index is -0.908. The fourth-order valence-electron chi connectivity index (χ4n) is 3.73. The minimum Gasteiger partial charge on any atom is -0.478 e. The SMILES string of the molecule is C=C(C(=O)O)[C@@H]1CC[C@@]2(C)CC=C[C@](C)(O)[C@@H]2C1. The normalized spacial score (nSPS) is 43.3. The van der Waals surface area contributed by atoms with Crippen LogP contribution in [0, 0.1) is 17.3 Å². The Morgan fingerprint density at radius 3 is 2.72 bits per heavy atom. The Labute approximate surface area is 108 Å². The number of carboxylic acid groups (broad SMARTS) is 1. The summed E-state index contributed by atoms with van der Waals surface area (Å²) in [6.45, 7) is 7.72. The lowest BCUT2D eigenvalue weighted by Gasteiger charge is -2.51. The van der Waals surface area contributed by atoms with E-state index in [-0.39, 0.29) is 17.3 Å². The average molecular weight is 250 g/mol. The molecule has 2 rings (SSSR count). The van der Waals surface area contributed by atoms with E-state index in [1.807, 2.05) is 13.0 Å². The van der Waals surface area contributed by atoms with Crippen molar-refractivity contribution in [2.45, 2.75) is 45.1 Å². The standard InChI is InChI=1S/C15H22O3/c1-10(13(16)17)11-5-8-14(2)6-4-7-15(3,18)12(14)9-11/h4,7,11-12,18H,1,5-6,8-9H2,2-3H3,(H,16,17)/t11-,12-,14-,15+/m1/s1. The van der Waals surface area contributed by atoms with Gasteiger partial charge in [-0.3, -0.25) is 0 Å². The largest absolute Gasteiger partial charge is 0.478 e. The molecule has 100 valence electrons. The third kappa shape index (κ3) is 2.12. The first-order valence-electron chi connectivity index (χ1n) is 6.58. The number of aliphatic carboxylic acids is 1. The van der Waals surface area contributed by atoms with Crippen LogP contribution in [0.4, 0.5) is 0 Å². The fraction of sp³-hybridized carbons (Fsp3) is 0.667. The molecule has 0 heterocycles. The smallest absolute Gasteiger partial charge is 0.331 e. The van der Waals surface area contributed by atoms with Crippen LogP contribution < -0.4 is 0 Å². The fourth-order valence-corrected chi connectivity index (χ4v) is 3.73. The van der Waals surface area contributed by atoms with Crippen LogP contribution in [0.2, 0.25) is 0 Å². The number of carboxylic acids is 1. The Morgan fingerprint density at radius 1 is 1.44 bits per heavy atom. The van der Waals surface area contributed by atoms with Crippen molar-refractivity contribution in [1.29, 1.82) is 0 Å². The van der Waals surface area contributed by atoms with Gasteiger partial charge in [0, 0.05) is 5.57 Å². The summed E-state index contributed by atoms with van der Waals surface area (Å²) >= 11 is 0. The monoisotopic (exact) mass is 250 g/mol. The predicted octanol–water partition coefficient (Wildman–Crippen LogP) is 2.76. The minimum absolute atomic E-state index is 0.00134. The number of carbonyl (C=O) groups is 1. The van der Waals surface area contributed by atoms with Gasteiger partial charge in [0.2, 0.25) is 0 Å². The highest BCUT2D eigenvalue weighted by Crippen LogP contribution is 2.54. The lowest BCUT2D eigenvalue weighted by atomic mass is 9.55. The van der Waals surface area contributed by atoms with E-state index in [0.717, 1.165) is 25.7 Å². The summed E-state index contributed by atoms with van der Waals surface area (Å²) in [5.74, 6) is -0.794. The van der Waals surface area contributed by atoms with Crippen LogP contribution in [-0.2, 0) is 4.79 Å². The third-order valence-corrected chi connectivity index (χ3v) is 4.94. The van der Waals surface area contributed by atoms with Crippen molar-refractivity contribution in [3.05, 3.63) is 24.3 Å². The summed E-state index contributed by atoms with van der Waals surface area (Å²) in [5, 5.41) is 19.6. The molecule has 18 heavy (non-hydrogen) atoms. The van der Waals surface area contributed by atoms with Crippen LogP contribution in [0.25, 0.3) is 0 Å². The van der Waals surface area contributed by atoms with Gasteiger partial charge < -0.3 is 10.2 Å². The molecule has 0 aliphatic heterocycles. The first kappa shape index (κ1) is 13.3. The molecule has 3 heteroatoms. The highest BCUT2D eigenvalue weighted by Gasteiger charge is 2.49. The van der Waals surface area contributed by atoms with Crippen molar-refractivity contribution in [2.24, 2.45) is 17.3 Å². The van der Waals surface area contributed by atoms with Crippen molar-refractivity contribution in [3.63, 3.8) is 0 Å². The quantitative estimate of drug-likeness (QED) is 0.585. The van der Waals surface area contributed by atoms with Gasteiger partial charge in [-0.2, -0.15) is 0 Å². The lowest BCUT2D eigenvalue weighted by Crippen LogP contribution is -2.49. The molecular weight excluding hydrogens is 228 g/mol. The van der Waals surface area contributed by atoms with Crippen LogP contribution in [0.3, 0.4) is 0 Å². The summed E-state index contributed by atoms with van der Waals surface area (Å²) in [5.41, 5.74) is -0.444. The van der Waals surface area contributed by atoms with Crippen LogP contribution in [0.15, 0.2) is 24.3 Å². The Morgan fingerprint density at radius 2 is 2.11 bits per heavy atom. The van der Waals surface area contributed by atoms with Gasteiger partial charge in [-0.15, -0.1) is 0 Å². The summed E-state index contributed by atoms with van der Waals surface area (Å²) in [6, 6.07) is 0. The zero-order valence-corrected chi connectivity index (χ0v) is 11.1. The molecule has 0 amide bonds. The van der Waals surface area contributed by atoms with Gasteiger partial charge >= 0.3 is 5.97 Å². The van der Waals surface area contributed by atoms with Gasteiger partial charge in [0.05, 0.1) is 5.60 Å². The summed E-state index contributed by atoms with van der Waals surface area (Å²) in [6.07, 6.45) is 7.43. The molecule has 2 N–H and O–H groups in total. The van der Waals surface area contributed by atoms with Crippen molar-refractivity contribution < 1.29 is 15.0 Å². The Kier molecular flexibility index (Phi) is 3.14. The van der Waals surface area contributed by atoms with Crippen molar-refractivity contribution in [2.75, 3.05) is 0 Å². The van der Waals surface area contributed by atoms with Crippen molar-refractivity contribution >= 4 is 5.97 Å². The van der Waals surface area contributed by atoms with Crippen LogP contribution in [0.5, 0.6) is 0 Å². The highest BCUT2D eigenvalue weighted by molar-refractivity contribution is 5.86. The van der Waals surface area contributed by atoms with Gasteiger partial charge in [0.1, 0.15) is 0 Å². The number of hydrogen-bond acceptors (Lipinski definition) is 2. The Balaban J connectivity index is 2.23. The maximum Gasteiger partial charge on any atom is 0.331 e. The second-order valence-electron chi connectivity index (χ2n) is 6.34. The molecule has 0 aromatic carbocycles. The summed E-state index contributed by atoms with van der Waals surface area (Å²) < 4.78 is 0. The van der Waals surface area contributed by atoms with E-state index in [9.17, 15) is 9.90 Å². The molecular formula is C15H22O3. The molecule has 3 nitrogen and oxygen atoms in total. The number of aliphatic hydroxyl groups is 1. The maximum atomic E-state index is 11.0. The molecule has 1 fully saturated rings. The van der Waals surface area contributed by atoms with E-state index >= 15 is 0 Å². The van der Waals surface area contributed by atoms with E-state index in [2.05, 4.69) is 19.6 Å². The van der Waals surface area contributed by atoms with Crippen molar-refractivity contribution in [1.82, 2.24) is 0 Å². The number of fused-ring (bicyclic) bond motifs is 1. The first-order valence-corrected chi connectivity index (χ1v) is 6.58. The highest BCUT2D eigenvalue weighted by atomic mass is 16.4. The lowest BCUT2D eigenvalue weighted by molar-refractivity contribution is -0.134. The molecule has 0 bridgehead atoms. The molecule has 0 aromatic heterocycles. The summed E-state index contributed by atoms with van der Waals surface area (Å²) in [7, 11) is 0. The van der Waals surface area contributed by atoms with Gasteiger partial charge in [0.25, 0.3) is 0 Å². The molecule has 2 aliphatic carbocycles.